The molecule has 0 aliphatic carbocycles. The number of hydrogen-bond donors (Lipinski definition) is 0. The van der Waals surface area contributed by atoms with E-state index in [4.69, 9.17) is 4.74 Å². The first-order valence-corrected chi connectivity index (χ1v) is 6.70. The second kappa shape index (κ2) is 6.04. The molecule has 0 radical (unpaired) electrons. The number of hydrogen-bond acceptors (Lipinski definition) is 2. The molecule has 0 saturated heterocycles. The lowest BCUT2D eigenvalue weighted by Crippen LogP contribution is -2.32. The van der Waals surface area contributed by atoms with Crippen molar-refractivity contribution in [2.24, 2.45) is 0 Å². The van der Waals surface area contributed by atoms with Crippen molar-refractivity contribution in [3.05, 3.63) is 71.3 Å². The summed E-state index contributed by atoms with van der Waals surface area (Å²) in [4.78, 5) is 11.5. The summed E-state index contributed by atoms with van der Waals surface area (Å²) in [5.74, 6) is -2.38. The molecule has 0 bridgehead atoms. The molecule has 0 fully saturated rings. The minimum absolute atomic E-state index is 0.404. The Morgan fingerprint density at radius 3 is 2.24 bits per heavy atom. The molecule has 0 aromatic heterocycles. The number of carbonyl (C=O) groups is 1. The van der Waals surface area contributed by atoms with Gasteiger partial charge in [0.1, 0.15) is 0 Å². The fourth-order valence-electron chi connectivity index (χ4n) is 2.46. The molecule has 2 rings (SSSR count). The maximum Gasteiger partial charge on any atom is 0.303 e. The third-order valence-electron chi connectivity index (χ3n) is 3.44. The van der Waals surface area contributed by atoms with Crippen LogP contribution in [0.3, 0.4) is 0 Å². The van der Waals surface area contributed by atoms with Crippen LogP contribution in [0.15, 0.2) is 48.5 Å². The van der Waals surface area contributed by atoms with Crippen LogP contribution in [0.2, 0.25) is 0 Å². The van der Waals surface area contributed by atoms with Crippen LogP contribution in [0.1, 0.15) is 31.4 Å². The van der Waals surface area contributed by atoms with Gasteiger partial charge in [0, 0.05) is 18.1 Å². The standard InChI is InChI=1S/C17H16F2O2/c1-3-17(21-12(2)20,13-7-5-4-6-8-13)14-9-10-15(18)16(19)11-14/h4-11H,3H2,1-2H3. The first-order valence-electron chi connectivity index (χ1n) is 6.70. The highest BCUT2D eigenvalue weighted by Gasteiger charge is 2.36. The first-order chi connectivity index (χ1) is 9.99. The SMILES string of the molecule is CCC(OC(C)=O)(c1ccccc1)c1ccc(F)c(F)c1. The number of benzene rings is 2. The Kier molecular flexibility index (Phi) is 4.36. The zero-order valence-electron chi connectivity index (χ0n) is 11.9. The van der Waals surface area contributed by atoms with Crippen molar-refractivity contribution in [3.63, 3.8) is 0 Å². The van der Waals surface area contributed by atoms with Gasteiger partial charge in [-0.3, -0.25) is 4.79 Å². The van der Waals surface area contributed by atoms with Gasteiger partial charge in [-0.2, -0.15) is 0 Å². The van der Waals surface area contributed by atoms with Crippen LogP contribution in [-0.4, -0.2) is 5.97 Å². The van der Waals surface area contributed by atoms with Gasteiger partial charge in [0.2, 0.25) is 0 Å². The van der Waals surface area contributed by atoms with Gasteiger partial charge in [-0.1, -0.05) is 43.3 Å². The van der Waals surface area contributed by atoms with Gasteiger partial charge >= 0.3 is 5.97 Å². The fraction of sp³-hybridized carbons (Fsp3) is 0.235. The van der Waals surface area contributed by atoms with E-state index in [1.165, 1.54) is 13.0 Å². The van der Waals surface area contributed by atoms with Crippen molar-refractivity contribution in [2.45, 2.75) is 25.9 Å². The molecule has 0 spiro atoms. The van der Waals surface area contributed by atoms with Crippen molar-refractivity contribution < 1.29 is 18.3 Å². The first kappa shape index (κ1) is 15.2. The summed E-state index contributed by atoms with van der Waals surface area (Å²) in [5.41, 5.74) is 0.000702. The largest absolute Gasteiger partial charge is 0.449 e. The predicted molar refractivity (Wildman–Crippen MR) is 75.6 cm³/mol. The molecule has 0 aliphatic rings. The van der Waals surface area contributed by atoms with Crippen molar-refractivity contribution >= 4 is 5.97 Å². The lowest BCUT2D eigenvalue weighted by atomic mass is 9.83. The summed E-state index contributed by atoms with van der Waals surface area (Å²) in [6.45, 7) is 3.13. The molecule has 1 unspecified atom stereocenters. The Balaban J connectivity index is 2.64. The van der Waals surface area contributed by atoms with Gasteiger partial charge in [0.15, 0.2) is 17.2 Å². The molecule has 110 valence electrons. The normalized spacial score (nSPS) is 13.5. The van der Waals surface area contributed by atoms with Crippen molar-refractivity contribution in [1.29, 1.82) is 0 Å². The maximum atomic E-state index is 13.6. The van der Waals surface area contributed by atoms with Crippen molar-refractivity contribution in [1.82, 2.24) is 0 Å². The van der Waals surface area contributed by atoms with Crippen LogP contribution in [0.25, 0.3) is 0 Å². The summed E-state index contributed by atoms with van der Waals surface area (Å²) in [6.07, 6.45) is 0.404. The van der Waals surface area contributed by atoms with Crippen molar-refractivity contribution in [2.75, 3.05) is 0 Å². The van der Waals surface area contributed by atoms with Gasteiger partial charge in [-0.05, 0) is 18.6 Å². The van der Waals surface area contributed by atoms with Crippen LogP contribution < -0.4 is 0 Å². The monoisotopic (exact) mass is 290 g/mol. The van der Waals surface area contributed by atoms with Crippen LogP contribution in [-0.2, 0) is 15.1 Å². The molecule has 2 aromatic carbocycles. The molecule has 2 nitrogen and oxygen atoms in total. The number of halogens is 2. The lowest BCUT2D eigenvalue weighted by Gasteiger charge is -2.33. The number of ether oxygens (including phenoxy) is 1. The Bertz CT molecular complexity index is 640. The lowest BCUT2D eigenvalue weighted by molar-refractivity contribution is -0.154. The van der Waals surface area contributed by atoms with E-state index in [1.807, 2.05) is 25.1 Å². The molecule has 0 aliphatic heterocycles. The van der Waals surface area contributed by atoms with E-state index in [0.717, 1.165) is 12.1 Å². The van der Waals surface area contributed by atoms with Crippen molar-refractivity contribution in [3.8, 4) is 0 Å². The van der Waals surface area contributed by atoms with Gasteiger partial charge in [0.05, 0.1) is 0 Å². The van der Waals surface area contributed by atoms with Gasteiger partial charge in [-0.25, -0.2) is 8.78 Å². The number of carbonyl (C=O) groups excluding carboxylic acids is 1. The average Bonchev–Trinajstić information content (AvgIpc) is 2.48. The summed E-state index contributed by atoms with van der Waals surface area (Å²) < 4.78 is 32.3. The third-order valence-corrected chi connectivity index (χ3v) is 3.44. The average molecular weight is 290 g/mol. The molecule has 21 heavy (non-hydrogen) atoms. The second-order valence-electron chi connectivity index (χ2n) is 4.77. The van der Waals surface area contributed by atoms with E-state index in [0.29, 0.717) is 17.5 Å². The molecule has 1 atom stereocenters. The van der Waals surface area contributed by atoms with Crippen LogP contribution in [0.5, 0.6) is 0 Å². The Hall–Kier alpha value is -2.23. The van der Waals surface area contributed by atoms with Crippen LogP contribution in [0, 0.1) is 11.6 Å². The topological polar surface area (TPSA) is 26.3 Å². The molecule has 4 heteroatoms. The second-order valence-corrected chi connectivity index (χ2v) is 4.77. The Morgan fingerprint density at radius 1 is 1.05 bits per heavy atom. The minimum Gasteiger partial charge on any atom is -0.449 e. The van der Waals surface area contributed by atoms with E-state index in [2.05, 4.69) is 0 Å². The predicted octanol–water partition coefficient (Wildman–Crippen LogP) is 4.18. The molecular weight excluding hydrogens is 274 g/mol. The number of rotatable bonds is 4. The summed E-state index contributed by atoms with van der Waals surface area (Å²) in [5, 5.41) is 0. The Morgan fingerprint density at radius 2 is 1.71 bits per heavy atom. The highest BCUT2D eigenvalue weighted by molar-refractivity contribution is 5.67. The van der Waals surface area contributed by atoms with E-state index < -0.39 is 23.2 Å². The summed E-state index contributed by atoms with van der Waals surface area (Å²) in [6, 6.07) is 12.6. The highest BCUT2D eigenvalue weighted by atomic mass is 19.2. The minimum atomic E-state index is -1.12. The highest BCUT2D eigenvalue weighted by Crippen LogP contribution is 2.37. The van der Waals surface area contributed by atoms with Crippen LogP contribution >= 0.6 is 0 Å². The number of esters is 1. The molecule has 0 amide bonds. The zero-order valence-corrected chi connectivity index (χ0v) is 11.9. The maximum absolute atomic E-state index is 13.6. The van der Waals surface area contributed by atoms with Gasteiger partial charge < -0.3 is 4.74 Å². The molecule has 0 heterocycles. The summed E-state index contributed by atoms with van der Waals surface area (Å²) >= 11 is 0. The molecular formula is C17H16F2O2. The third kappa shape index (κ3) is 2.94. The Labute approximate surface area is 122 Å². The van der Waals surface area contributed by atoms with E-state index in [-0.39, 0.29) is 0 Å². The molecule has 0 N–H and O–H groups in total. The molecule has 0 saturated carbocycles. The molecule has 2 aromatic rings. The van der Waals surface area contributed by atoms with E-state index in [9.17, 15) is 13.6 Å². The summed E-state index contributed by atoms with van der Waals surface area (Å²) in [7, 11) is 0. The smallest absolute Gasteiger partial charge is 0.303 e. The van der Waals surface area contributed by atoms with E-state index in [1.54, 1.807) is 12.1 Å². The zero-order chi connectivity index (χ0) is 15.5. The van der Waals surface area contributed by atoms with E-state index >= 15 is 0 Å². The van der Waals surface area contributed by atoms with Crippen LogP contribution in [0.4, 0.5) is 8.78 Å². The van der Waals surface area contributed by atoms with Gasteiger partial charge in [0.25, 0.3) is 0 Å². The quantitative estimate of drug-likeness (QED) is 0.790. The van der Waals surface area contributed by atoms with Gasteiger partial charge in [-0.15, -0.1) is 0 Å². The fourth-order valence-corrected chi connectivity index (χ4v) is 2.46.